The third-order valence-corrected chi connectivity index (χ3v) is 3.75. The Morgan fingerprint density at radius 2 is 2.00 bits per heavy atom. The van der Waals surface area contributed by atoms with Crippen molar-refractivity contribution in [3.05, 3.63) is 0 Å². The summed E-state index contributed by atoms with van der Waals surface area (Å²) < 4.78 is 0. The van der Waals surface area contributed by atoms with Crippen molar-refractivity contribution in [2.24, 2.45) is 5.92 Å². The van der Waals surface area contributed by atoms with Gasteiger partial charge in [-0.15, -0.1) is 0 Å². The first-order valence-electron chi connectivity index (χ1n) is 5.65. The van der Waals surface area contributed by atoms with E-state index in [-0.39, 0.29) is 12.0 Å². The Hall–Kier alpha value is -0.570. The monoisotopic (exact) mass is 197 g/mol. The second-order valence-corrected chi connectivity index (χ2v) is 4.58. The van der Waals surface area contributed by atoms with Gasteiger partial charge in [-0.1, -0.05) is 12.8 Å². The van der Waals surface area contributed by atoms with Gasteiger partial charge in [-0.3, -0.25) is 4.79 Å². The summed E-state index contributed by atoms with van der Waals surface area (Å²) in [5, 5.41) is 9.87. The highest BCUT2D eigenvalue weighted by Crippen LogP contribution is 2.35. The topological polar surface area (TPSA) is 40.5 Å². The third-order valence-electron chi connectivity index (χ3n) is 3.75. The minimum Gasteiger partial charge on any atom is -0.393 e. The molecule has 0 aromatic rings. The molecule has 14 heavy (non-hydrogen) atoms. The molecule has 0 aromatic carbocycles. The Morgan fingerprint density at radius 1 is 1.29 bits per heavy atom. The summed E-state index contributed by atoms with van der Waals surface area (Å²) in [4.78, 5) is 13.4. The Balaban J connectivity index is 2.12. The molecule has 3 heteroatoms. The van der Waals surface area contributed by atoms with Crippen LogP contribution in [0.4, 0.5) is 0 Å². The van der Waals surface area contributed by atoms with Crippen LogP contribution in [0.25, 0.3) is 0 Å². The first-order chi connectivity index (χ1) is 6.70. The van der Waals surface area contributed by atoms with Crippen molar-refractivity contribution in [1.29, 1.82) is 0 Å². The summed E-state index contributed by atoms with van der Waals surface area (Å²) in [5.74, 6) is 0.523. The number of hydrogen-bond donors (Lipinski definition) is 1. The Kier molecular flexibility index (Phi) is 2.77. The van der Waals surface area contributed by atoms with Crippen molar-refractivity contribution in [2.75, 3.05) is 6.54 Å². The van der Waals surface area contributed by atoms with E-state index in [4.69, 9.17) is 0 Å². The maximum absolute atomic E-state index is 11.4. The lowest BCUT2D eigenvalue weighted by atomic mass is 9.76. The number of fused-ring (bicyclic) bond motifs is 1. The number of aliphatic hydroxyl groups is 1. The zero-order valence-electron chi connectivity index (χ0n) is 8.78. The highest BCUT2D eigenvalue weighted by molar-refractivity contribution is 5.73. The van der Waals surface area contributed by atoms with Gasteiger partial charge < -0.3 is 10.0 Å². The van der Waals surface area contributed by atoms with E-state index in [2.05, 4.69) is 0 Å². The first-order valence-corrected chi connectivity index (χ1v) is 5.65. The van der Waals surface area contributed by atoms with Crippen LogP contribution in [-0.2, 0) is 4.79 Å². The van der Waals surface area contributed by atoms with Gasteiger partial charge in [0.2, 0.25) is 5.91 Å². The molecule has 0 aromatic heterocycles. The van der Waals surface area contributed by atoms with Crippen LogP contribution in [0, 0.1) is 5.92 Å². The molecular formula is C11H19NO2. The van der Waals surface area contributed by atoms with Crippen molar-refractivity contribution in [1.82, 2.24) is 4.90 Å². The van der Waals surface area contributed by atoms with Crippen LogP contribution in [0.1, 0.15) is 39.0 Å². The van der Waals surface area contributed by atoms with Gasteiger partial charge in [0.1, 0.15) is 0 Å². The van der Waals surface area contributed by atoms with Crippen LogP contribution in [-0.4, -0.2) is 34.6 Å². The smallest absolute Gasteiger partial charge is 0.219 e. The molecule has 1 aliphatic carbocycles. The molecule has 2 aliphatic rings. The van der Waals surface area contributed by atoms with E-state index in [1.54, 1.807) is 6.92 Å². The first kappa shape index (κ1) is 9.97. The lowest BCUT2D eigenvalue weighted by Gasteiger charge is -2.46. The van der Waals surface area contributed by atoms with Gasteiger partial charge in [0.15, 0.2) is 0 Å². The van der Waals surface area contributed by atoms with E-state index >= 15 is 0 Å². The summed E-state index contributed by atoms with van der Waals surface area (Å²) in [6.07, 6.45) is 5.19. The van der Waals surface area contributed by atoms with Crippen LogP contribution < -0.4 is 0 Å². The number of carbonyl (C=O) groups excluding carboxylic acids is 1. The highest BCUT2D eigenvalue weighted by atomic mass is 16.3. The van der Waals surface area contributed by atoms with E-state index in [0.29, 0.717) is 12.0 Å². The van der Waals surface area contributed by atoms with Crippen LogP contribution in [0.2, 0.25) is 0 Å². The van der Waals surface area contributed by atoms with E-state index < -0.39 is 0 Å². The molecule has 0 radical (unpaired) electrons. The molecule has 1 aliphatic heterocycles. The SMILES string of the molecule is CC(=O)N1CC[C@@H](O)[C@@H]2CCCC[C@@H]21. The van der Waals surface area contributed by atoms with Crippen molar-refractivity contribution < 1.29 is 9.90 Å². The predicted octanol–water partition coefficient (Wildman–Crippen LogP) is 1.16. The second-order valence-electron chi connectivity index (χ2n) is 4.58. The minimum atomic E-state index is -0.170. The maximum atomic E-state index is 11.4. The van der Waals surface area contributed by atoms with Crippen LogP contribution >= 0.6 is 0 Å². The predicted molar refractivity (Wildman–Crippen MR) is 53.8 cm³/mol. The minimum absolute atomic E-state index is 0.170. The lowest BCUT2D eigenvalue weighted by molar-refractivity contribution is -0.139. The molecule has 3 nitrogen and oxygen atoms in total. The number of likely N-dealkylation sites (tertiary alicyclic amines) is 1. The van der Waals surface area contributed by atoms with E-state index in [1.807, 2.05) is 4.90 Å². The third kappa shape index (κ3) is 1.65. The fourth-order valence-electron chi connectivity index (χ4n) is 3.02. The van der Waals surface area contributed by atoms with Crippen LogP contribution in [0.5, 0.6) is 0 Å². The fourth-order valence-corrected chi connectivity index (χ4v) is 3.02. The number of carbonyl (C=O) groups is 1. The van der Waals surface area contributed by atoms with Crippen molar-refractivity contribution in [3.8, 4) is 0 Å². The molecule has 0 spiro atoms. The average Bonchev–Trinajstić information content (AvgIpc) is 2.18. The lowest BCUT2D eigenvalue weighted by Crippen LogP contribution is -2.54. The van der Waals surface area contributed by atoms with Crippen molar-refractivity contribution >= 4 is 5.91 Å². The van der Waals surface area contributed by atoms with Gasteiger partial charge in [-0.05, 0) is 19.3 Å². The summed E-state index contributed by atoms with van der Waals surface area (Å²) in [6, 6.07) is 0.324. The van der Waals surface area contributed by atoms with E-state index in [9.17, 15) is 9.90 Å². The Bertz CT molecular complexity index is 229. The molecular weight excluding hydrogens is 178 g/mol. The summed E-state index contributed by atoms with van der Waals surface area (Å²) in [6.45, 7) is 2.39. The van der Waals surface area contributed by atoms with Crippen LogP contribution in [0.15, 0.2) is 0 Å². The number of aliphatic hydroxyl groups excluding tert-OH is 1. The normalized spacial score (nSPS) is 37.9. The van der Waals surface area contributed by atoms with Gasteiger partial charge in [0, 0.05) is 25.4 Å². The molecule has 3 atom stereocenters. The number of nitrogens with zero attached hydrogens (tertiary/aromatic N) is 1. The van der Waals surface area contributed by atoms with Gasteiger partial charge in [-0.2, -0.15) is 0 Å². The Labute approximate surface area is 85.1 Å². The van der Waals surface area contributed by atoms with Gasteiger partial charge in [0.25, 0.3) is 0 Å². The number of rotatable bonds is 0. The molecule has 2 fully saturated rings. The molecule has 0 bridgehead atoms. The molecule has 1 heterocycles. The number of amides is 1. The molecule has 1 saturated carbocycles. The molecule has 80 valence electrons. The van der Waals surface area contributed by atoms with E-state index in [1.165, 1.54) is 12.8 Å². The van der Waals surface area contributed by atoms with Crippen molar-refractivity contribution in [3.63, 3.8) is 0 Å². The molecule has 2 rings (SSSR count). The number of hydrogen-bond acceptors (Lipinski definition) is 2. The molecule has 1 amide bonds. The Morgan fingerprint density at radius 3 is 2.71 bits per heavy atom. The molecule has 1 N–H and O–H groups in total. The quantitative estimate of drug-likeness (QED) is 0.633. The van der Waals surface area contributed by atoms with Gasteiger partial charge in [0.05, 0.1) is 6.10 Å². The molecule has 0 unspecified atom stereocenters. The standard InChI is InChI=1S/C11H19NO2/c1-8(13)12-7-6-11(14)9-4-2-3-5-10(9)12/h9-11,14H,2-7H2,1H3/t9-,10+,11-/m1/s1. The van der Waals surface area contributed by atoms with Gasteiger partial charge in [-0.25, -0.2) is 0 Å². The van der Waals surface area contributed by atoms with Crippen molar-refractivity contribution in [2.45, 2.75) is 51.2 Å². The van der Waals surface area contributed by atoms with E-state index in [0.717, 1.165) is 25.8 Å². The number of piperidine rings is 1. The van der Waals surface area contributed by atoms with Gasteiger partial charge >= 0.3 is 0 Å². The second kappa shape index (κ2) is 3.89. The average molecular weight is 197 g/mol. The zero-order chi connectivity index (χ0) is 10.1. The zero-order valence-corrected chi connectivity index (χ0v) is 8.78. The fraction of sp³-hybridized carbons (Fsp3) is 0.909. The van der Waals surface area contributed by atoms with Crippen LogP contribution in [0.3, 0.4) is 0 Å². The maximum Gasteiger partial charge on any atom is 0.219 e. The summed E-state index contributed by atoms with van der Waals surface area (Å²) in [5.41, 5.74) is 0. The summed E-state index contributed by atoms with van der Waals surface area (Å²) in [7, 11) is 0. The largest absolute Gasteiger partial charge is 0.393 e. The summed E-state index contributed by atoms with van der Waals surface area (Å²) >= 11 is 0. The molecule has 1 saturated heterocycles. The highest BCUT2D eigenvalue weighted by Gasteiger charge is 2.39.